The summed E-state index contributed by atoms with van der Waals surface area (Å²) in [6.45, 7) is 1.16. The standard InChI is InChI=1S/C10H16N4O2/c1-13(8-5-11-6-9(8)15)10(16)7-3-4-12-14(7)2/h3-4,8-9,11,15H,5-6H2,1-2H3. The number of rotatable bonds is 2. The lowest BCUT2D eigenvalue weighted by Crippen LogP contribution is -2.44. The van der Waals surface area contributed by atoms with Crippen molar-refractivity contribution in [3.63, 3.8) is 0 Å². The molecular formula is C10H16N4O2. The lowest BCUT2D eigenvalue weighted by molar-refractivity contribution is 0.0571. The molecule has 1 fully saturated rings. The number of aliphatic hydroxyl groups excluding tert-OH is 1. The van der Waals surface area contributed by atoms with Gasteiger partial charge in [-0.15, -0.1) is 0 Å². The molecule has 2 heterocycles. The molecule has 0 aliphatic carbocycles. The highest BCUT2D eigenvalue weighted by Gasteiger charge is 2.32. The second-order valence-corrected chi connectivity index (χ2v) is 4.05. The van der Waals surface area contributed by atoms with Crippen LogP contribution in [0.4, 0.5) is 0 Å². The third-order valence-electron chi connectivity index (χ3n) is 3.01. The molecule has 6 heteroatoms. The number of nitrogens with one attached hydrogen (secondary N) is 1. The molecule has 2 rings (SSSR count). The van der Waals surface area contributed by atoms with Crippen molar-refractivity contribution in [1.82, 2.24) is 20.0 Å². The fraction of sp³-hybridized carbons (Fsp3) is 0.600. The minimum atomic E-state index is -0.498. The van der Waals surface area contributed by atoms with E-state index in [4.69, 9.17) is 0 Å². The monoisotopic (exact) mass is 224 g/mol. The maximum Gasteiger partial charge on any atom is 0.272 e. The second kappa shape index (κ2) is 4.23. The van der Waals surface area contributed by atoms with Crippen LogP contribution in [0.15, 0.2) is 12.3 Å². The van der Waals surface area contributed by atoms with E-state index in [0.717, 1.165) is 0 Å². The summed E-state index contributed by atoms with van der Waals surface area (Å²) in [5.41, 5.74) is 0.529. The van der Waals surface area contributed by atoms with Crippen molar-refractivity contribution in [3.05, 3.63) is 18.0 Å². The Kier molecular flexibility index (Phi) is 2.93. The lowest BCUT2D eigenvalue weighted by Gasteiger charge is -2.26. The highest BCUT2D eigenvalue weighted by Crippen LogP contribution is 2.11. The van der Waals surface area contributed by atoms with E-state index in [9.17, 15) is 9.90 Å². The van der Waals surface area contributed by atoms with Crippen molar-refractivity contribution < 1.29 is 9.90 Å². The van der Waals surface area contributed by atoms with Crippen LogP contribution in [0.5, 0.6) is 0 Å². The summed E-state index contributed by atoms with van der Waals surface area (Å²) in [5.74, 6) is -0.118. The Bertz CT molecular complexity index is 390. The molecule has 2 unspecified atom stereocenters. The molecule has 6 nitrogen and oxygen atoms in total. The van der Waals surface area contributed by atoms with Crippen LogP contribution in [-0.2, 0) is 7.05 Å². The smallest absolute Gasteiger partial charge is 0.272 e. The number of β-amino-alcohol motifs (C(OH)–C–C–N with tert-alkyl or cyclic N) is 1. The highest BCUT2D eigenvalue weighted by atomic mass is 16.3. The fourth-order valence-electron chi connectivity index (χ4n) is 1.96. The number of hydrogen-bond acceptors (Lipinski definition) is 4. The Balaban J connectivity index is 2.13. The van der Waals surface area contributed by atoms with Gasteiger partial charge < -0.3 is 15.3 Å². The molecular weight excluding hydrogens is 208 g/mol. The Morgan fingerprint density at radius 3 is 2.94 bits per heavy atom. The third-order valence-corrected chi connectivity index (χ3v) is 3.01. The van der Waals surface area contributed by atoms with Gasteiger partial charge in [-0.2, -0.15) is 5.10 Å². The van der Waals surface area contributed by atoms with Crippen LogP contribution in [0.2, 0.25) is 0 Å². The third kappa shape index (κ3) is 1.81. The first kappa shape index (κ1) is 11.1. The average Bonchev–Trinajstić information content (AvgIpc) is 2.85. The van der Waals surface area contributed by atoms with Crippen LogP contribution in [0.1, 0.15) is 10.5 Å². The molecule has 1 aliphatic heterocycles. The maximum atomic E-state index is 12.1. The topological polar surface area (TPSA) is 70.4 Å². The van der Waals surface area contributed by atoms with Gasteiger partial charge in [-0.05, 0) is 6.07 Å². The number of likely N-dealkylation sites (N-methyl/N-ethyl adjacent to an activating group) is 1. The summed E-state index contributed by atoms with van der Waals surface area (Å²) in [6, 6.07) is 1.51. The average molecular weight is 224 g/mol. The molecule has 1 amide bonds. The Hall–Kier alpha value is -1.40. The first-order chi connectivity index (χ1) is 7.61. The second-order valence-electron chi connectivity index (χ2n) is 4.05. The van der Waals surface area contributed by atoms with Crippen molar-refractivity contribution in [3.8, 4) is 0 Å². The predicted octanol–water partition coefficient (Wildman–Crippen LogP) is -1.18. The van der Waals surface area contributed by atoms with Gasteiger partial charge in [0.05, 0.1) is 12.1 Å². The normalized spacial score (nSPS) is 24.7. The molecule has 0 radical (unpaired) electrons. The molecule has 1 aromatic heterocycles. The van der Waals surface area contributed by atoms with Gasteiger partial charge in [0, 0.05) is 33.4 Å². The lowest BCUT2D eigenvalue weighted by atomic mass is 10.2. The molecule has 0 aromatic carbocycles. The summed E-state index contributed by atoms with van der Waals surface area (Å²) in [6.07, 6.45) is 1.09. The van der Waals surface area contributed by atoms with Gasteiger partial charge in [-0.25, -0.2) is 0 Å². The van der Waals surface area contributed by atoms with Gasteiger partial charge in [-0.1, -0.05) is 0 Å². The Labute approximate surface area is 93.9 Å². The minimum absolute atomic E-state index is 0.118. The van der Waals surface area contributed by atoms with Crippen molar-refractivity contribution >= 4 is 5.91 Å². The van der Waals surface area contributed by atoms with E-state index in [2.05, 4.69) is 10.4 Å². The van der Waals surface area contributed by atoms with Gasteiger partial charge in [0.15, 0.2) is 0 Å². The van der Waals surface area contributed by atoms with Gasteiger partial charge in [0.25, 0.3) is 5.91 Å². The van der Waals surface area contributed by atoms with Crippen LogP contribution in [0.25, 0.3) is 0 Å². The van der Waals surface area contributed by atoms with E-state index in [1.54, 1.807) is 31.3 Å². The van der Waals surface area contributed by atoms with Crippen LogP contribution in [0, 0.1) is 0 Å². The van der Waals surface area contributed by atoms with E-state index < -0.39 is 6.10 Å². The number of aryl methyl sites for hydroxylation is 1. The number of carbonyl (C=O) groups is 1. The molecule has 1 aliphatic rings. The van der Waals surface area contributed by atoms with Crippen LogP contribution in [0.3, 0.4) is 0 Å². The molecule has 0 bridgehead atoms. The van der Waals surface area contributed by atoms with E-state index in [-0.39, 0.29) is 11.9 Å². The van der Waals surface area contributed by atoms with Crippen molar-refractivity contribution in [1.29, 1.82) is 0 Å². The van der Waals surface area contributed by atoms with Gasteiger partial charge >= 0.3 is 0 Å². The molecule has 88 valence electrons. The molecule has 0 spiro atoms. The summed E-state index contributed by atoms with van der Waals surface area (Å²) in [4.78, 5) is 13.7. The summed E-state index contributed by atoms with van der Waals surface area (Å²) in [7, 11) is 3.43. The zero-order chi connectivity index (χ0) is 11.7. The van der Waals surface area contributed by atoms with Gasteiger partial charge in [-0.3, -0.25) is 9.48 Å². The first-order valence-electron chi connectivity index (χ1n) is 5.25. The van der Waals surface area contributed by atoms with E-state index in [0.29, 0.717) is 18.8 Å². The quantitative estimate of drug-likeness (QED) is 0.664. The summed E-state index contributed by atoms with van der Waals surface area (Å²) >= 11 is 0. The number of carbonyl (C=O) groups excluding carboxylic acids is 1. The minimum Gasteiger partial charge on any atom is -0.390 e. The fourth-order valence-corrected chi connectivity index (χ4v) is 1.96. The van der Waals surface area contributed by atoms with Crippen molar-refractivity contribution in [2.75, 3.05) is 20.1 Å². The SMILES string of the molecule is CN(C(=O)c1ccnn1C)C1CNCC1O. The van der Waals surface area contributed by atoms with Crippen LogP contribution < -0.4 is 5.32 Å². The van der Waals surface area contributed by atoms with Crippen LogP contribution >= 0.6 is 0 Å². The van der Waals surface area contributed by atoms with Crippen LogP contribution in [-0.4, -0.2) is 58.0 Å². The van der Waals surface area contributed by atoms with E-state index in [1.165, 1.54) is 4.68 Å². The number of aliphatic hydroxyl groups is 1. The van der Waals surface area contributed by atoms with E-state index in [1.807, 2.05) is 0 Å². The maximum absolute atomic E-state index is 12.1. The van der Waals surface area contributed by atoms with Crippen molar-refractivity contribution in [2.24, 2.45) is 7.05 Å². The Morgan fingerprint density at radius 1 is 1.69 bits per heavy atom. The zero-order valence-corrected chi connectivity index (χ0v) is 9.42. The summed E-state index contributed by atoms with van der Waals surface area (Å²) < 4.78 is 1.54. The molecule has 0 saturated carbocycles. The molecule has 2 N–H and O–H groups in total. The van der Waals surface area contributed by atoms with Gasteiger partial charge in [0.2, 0.25) is 0 Å². The summed E-state index contributed by atoms with van der Waals surface area (Å²) in [5, 5.41) is 16.7. The largest absolute Gasteiger partial charge is 0.390 e. The van der Waals surface area contributed by atoms with Crippen molar-refractivity contribution in [2.45, 2.75) is 12.1 Å². The molecule has 2 atom stereocenters. The highest BCUT2D eigenvalue weighted by molar-refractivity contribution is 5.92. The van der Waals surface area contributed by atoms with Gasteiger partial charge in [0.1, 0.15) is 5.69 Å². The molecule has 1 aromatic rings. The molecule has 1 saturated heterocycles. The zero-order valence-electron chi connectivity index (χ0n) is 9.42. The van der Waals surface area contributed by atoms with E-state index >= 15 is 0 Å². The number of nitrogens with zero attached hydrogens (tertiary/aromatic N) is 3. The number of amides is 1. The number of hydrogen-bond donors (Lipinski definition) is 2. The Morgan fingerprint density at radius 2 is 2.44 bits per heavy atom. The number of aromatic nitrogens is 2. The molecule has 16 heavy (non-hydrogen) atoms. The predicted molar refractivity (Wildman–Crippen MR) is 58.0 cm³/mol. The first-order valence-corrected chi connectivity index (χ1v) is 5.25.